The van der Waals surface area contributed by atoms with Crippen molar-refractivity contribution in [2.45, 2.75) is 56.5 Å². The number of nitrogens with zero attached hydrogens (tertiary/aromatic N) is 2. The van der Waals surface area contributed by atoms with Crippen LogP contribution in [-0.4, -0.2) is 97.4 Å². The zero-order valence-corrected chi connectivity index (χ0v) is 30.2. The summed E-state index contributed by atoms with van der Waals surface area (Å²) < 4.78 is 50.6. The third kappa shape index (κ3) is 11.5. The Balaban J connectivity index is 1.44. The number of benzene rings is 3. The van der Waals surface area contributed by atoms with Crippen molar-refractivity contribution in [2.24, 2.45) is 5.92 Å². The number of unbranched alkanes of at least 4 members (excludes halogenated alkanes) is 1. The lowest BCUT2D eigenvalue weighted by Crippen LogP contribution is -2.54. The molecule has 50 heavy (non-hydrogen) atoms. The summed E-state index contributed by atoms with van der Waals surface area (Å²) in [4.78, 5) is 47.2. The molecule has 0 radical (unpaired) electrons. The van der Waals surface area contributed by atoms with Crippen LogP contribution in [0.4, 0.5) is 10.5 Å². The first kappa shape index (κ1) is 39.2. The topological polar surface area (TPSA) is 201 Å². The first-order valence-corrected chi connectivity index (χ1v) is 19.7. The number of hydrogen-bond donors (Lipinski definition) is 5. The number of nitrogen functional groups attached to an aromatic ring is 1. The molecule has 0 bridgehead atoms. The van der Waals surface area contributed by atoms with Gasteiger partial charge in [-0.1, -0.05) is 62.7 Å². The number of morpholine rings is 1. The maximum absolute atomic E-state index is 13.8. The van der Waals surface area contributed by atoms with Gasteiger partial charge in [-0.3, -0.25) is 9.32 Å². The second-order valence-corrected chi connectivity index (χ2v) is 15.8. The summed E-state index contributed by atoms with van der Waals surface area (Å²) in [7, 11) is -8.99. The maximum Gasteiger partial charge on any atom is 0.469 e. The molecule has 3 aromatic carbocycles. The molecule has 4 rings (SSSR count). The minimum atomic E-state index is -4.90. The highest BCUT2D eigenvalue weighted by Crippen LogP contribution is 2.37. The van der Waals surface area contributed by atoms with Crippen molar-refractivity contribution in [1.82, 2.24) is 19.8 Å². The maximum atomic E-state index is 13.8. The molecular weight excluding hydrogens is 685 g/mol. The van der Waals surface area contributed by atoms with Crippen molar-refractivity contribution in [3.63, 3.8) is 0 Å². The molecule has 1 saturated heterocycles. The molecule has 0 spiro atoms. The Bertz CT molecular complexity index is 1730. The van der Waals surface area contributed by atoms with Gasteiger partial charge in [0.25, 0.3) is 0 Å². The van der Waals surface area contributed by atoms with E-state index in [1.807, 2.05) is 56.3 Å². The molecule has 2 atom stereocenters. The van der Waals surface area contributed by atoms with E-state index in [0.29, 0.717) is 44.8 Å². The second-order valence-electron chi connectivity index (χ2n) is 12.7. The van der Waals surface area contributed by atoms with Crippen molar-refractivity contribution in [1.29, 1.82) is 0 Å². The minimum absolute atomic E-state index is 0.00263. The van der Waals surface area contributed by atoms with Crippen molar-refractivity contribution in [3.05, 3.63) is 72.3 Å². The zero-order chi connectivity index (χ0) is 36.3. The number of anilines is 1. The van der Waals surface area contributed by atoms with E-state index < -0.39 is 36.5 Å². The van der Waals surface area contributed by atoms with Crippen LogP contribution in [0.2, 0.25) is 0 Å². The normalized spacial score (nSPS) is 15.3. The molecule has 1 heterocycles. The van der Waals surface area contributed by atoms with Gasteiger partial charge >= 0.3 is 13.9 Å². The molecule has 1 aliphatic rings. The van der Waals surface area contributed by atoms with Crippen molar-refractivity contribution in [2.75, 3.05) is 51.7 Å². The Kier molecular flexibility index (Phi) is 14.2. The van der Waals surface area contributed by atoms with E-state index in [4.69, 9.17) is 15.0 Å². The standard InChI is InChI=1S/C34H48N5O9PS/c1-25(2)23-39(50(45,46)30-15-13-28(35)14-16-30)29(24-48-49(42,43)44)11-5-6-17-36-33(40)32(37-34(41)38-18-20-47-21-19-38)22-27-10-7-9-26-8-3-4-12-31(26)27/h3-4,7-10,12-16,25,29,32H,5-6,11,17-24,35H2,1-2H3,(H,36,40)(H,37,41)(H2,42,43,44). The summed E-state index contributed by atoms with van der Waals surface area (Å²) in [6, 6.07) is 17.3. The first-order chi connectivity index (χ1) is 23.7. The molecule has 6 N–H and O–H groups in total. The van der Waals surface area contributed by atoms with Crippen molar-refractivity contribution in [3.8, 4) is 0 Å². The van der Waals surface area contributed by atoms with Crippen LogP contribution >= 0.6 is 7.82 Å². The van der Waals surface area contributed by atoms with Gasteiger partial charge in [0.15, 0.2) is 0 Å². The summed E-state index contributed by atoms with van der Waals surface area (Å²) in [5.74, 6) is -0.477. The Morgan fingerprint density at radius 1 is 1.02 bits per heavy atom. The lowest BCUT2D eigenvalue weighted by molar-refractivity contribution is -0.123. The number of nitrogens with two attached hydrogens (primary N) is 1. The third-order valence-corrected chi connectivity index (χ3v) is 10.8. The Morgan fingerprint density at radius 3 is 2.38 bits per heavy atom. The number of sulfonamides is 1. The van der Waals surface area contributed by atoms with Gasteiger partial charge in [-0.25, -0.2) is 17.8 Å². The van der Waals surface area contributed by atoms with Crippen LogP contribution < -0.4 is 16.4 Å². The van der Waals surface area contributed by atoms with E-state index in [9.17, 15) is 32.4 Å². The smallest absolute Gasteiger partial charge is 0.399 e. The third-order valence-electron chi connectivity index (χ3n) is 8.35. The van der Waals surface area contributed by atoms with E-state index in [-0.39, 0.29) is 48.7 Å². The van der Waals surface area contributed by atoms with Gasteiger partial charge < -0.3 is 35.8 Å². The Morgan fingerprint density at radius 2 is 1.70 bits per heavy atom. The number of urea groups is 1. The molecule has 274 valence electrons. The van der Waals surface area contributed by atoms with Gasteiger partial charge in [-0.2, -0.15) is 4.31 Å². The van der Waals surface area contributed by atoms with E-state index in [1.54, 1.807) is 4.90 Å². The fourth-order valence-corrected chi connectivity index (χ4v) is 7.99. The molecule has 1 aliphatic heterocycles. The predicted octanol–water partition coefficient (Wildman–Crippen LogP) is 3.49. The van der Waals surface area contributed by atoms with Crippen LogP contribution in [0.15, 0.2) is 71.6 Å². The molecule has 0 saturated carbocycles. The zero-order valence-electron chi connectivity index (χ0n) is 28.4. The lowest BCUT2D eigenvalue weighted by Gasteiger charge is -2.32. The molecule has 14 nitrogen and oxygen atoms in total. The number of fused-ring (bicyclic) bond motifs is 1. The summed E-state index contributed by atoms with van der Waals surface area (Å²) in [5.41, 5.74) is 7.06. The summed E-state index contributed by atoms with van der Waals surface area (Å²) in [6.07, 6.45) is 1.28. The van der Waals surface area contributed by atoms with E-state index in [1.165, 1.54) is 28.6 Å². The van der Waals surface area contributed by atoms with Crippen LogP contribution in [0.5, 0.6) is 0 Å². The average Bonchev–Trinajstić information content (AvgIpc) is 3.08. The van der Waals surface area contributed by atoms with Crippen molar-refractivity contribution < 1.29 is 41.6 Å². The molecule has 0 aromatic heterocycles. The van der Waals surface area contributed by atoms with E-state index in [2.05, 4.69) is 10.6 Å². The second kappa shape index (κ2) is 18.1. The average molecular weight is 734 g/mol. The van der Waals surface area contributed by atoms with Crippen molar-refractivity contribution >= 4 is 46.2 Å². The molecule has 2 unspecified atom stereocenters. The Labute approximate surface area is 293 Å². The van der Waals surface area contributed by atoms with E-state index >= 15 is 0 Å². The van der Waals surface area contributed by atoms with Crippen LogP contribution in [0.25, 0.3) is 10.8 Å². The highest BCUT2D eigenvalue weighted by Gasteiger charge is 2.34. The van der Waals surface area contributed by atoms with Gasteiger partial charge in [0.05, 0.1) is 24.7 Å². The van der Waals surface area contributed by atoms with Gasteiger partial charge in [0.1, 0.15) is 6.04 Å². The lowest BCUT2D eigenvalue weighted by atomic mass is 9.98. The highest BCUT2D eigenvalue weighted by atomic mass is 32.2. The van der Waals surface area contributed by atoms with Gasteiger partial charge in [-0.05, 0) is 59.4 Å². The number of phosphoric ester groups is 1. The summed E-state index contributed by atoms with van der Waals surface area (Å²) >= 11 is 0. The monoisotopic (exact) mass is 733 g/mol. The Hall–Kier alpha value is -3.56. The number of carbonyl (C=O) groups is 2. The molecule has 3 amide bonds. The molecule has 1 fully saturated rings. The van der Waals surface area contributed by atoms with Crippen LogP contribution in [0, 0.1) is 5.92 Å². The van der Waals surface area contributed by atoms with Gasteiger partial charge in [0, 0.05) is 44.3 Å². The fraction of sp³-hybridized carbons (Fsp3) is 0.471. The number of rotatable bonds is 17. The quantitative estimate of drug-likeness (QED) is 0.0777. The fourth-order valence-electron chi connectivity index (χ4n) is 5.82. The minimum Gasteiger partial charge on any atom is -0.399 e. The molecular formula is C34H48N5O9PS. The number of amides is 3. The van der Waals surface area contributed by atoms with E-state index in [0.717, 1.165) is 16.3 Å². The highest BCUT2D eigenvalue weighted by molar-refractivity contribution is 7.89. The molecule has 16 heteroatoms. The van der Waals surface area contributed by atoms with Crippen LogP contribution in [-0.2, 0) is 35.1 Å². The van der Waals surface area contributed by atoms with Crippen LogP contribution in [0.1, 0.15) is 38.7 Å². The summed E-state index contributed by atoms with van der Waals surface area (Å²) in [5, 5.41) is 7.82. The van der Waals surface area contributed by atoms with Crippen LogP contribution in [0.3, 0.4) is 0 Å². The predicted molar refractivity (Wildman–Crippen MR) is 191 cm³/mol. The number of carbonyl (C=O) groups excluding carboxylic acids is 2. The SMILES string of the molecule is CC(C)CN(C(CCCCNC(=O)C(Cc1cccc2ccccc12)NC(=O)N1CCOCC1)COP(=O)(O)O)S(=O)(=O)c1ccc(N)cc1. The summed E-state index contributed by atoms with van der Waals surface area (Å²) in [6.45, 7) is 5.14. The van der Waals surface area contributed by atoms with Gasteiger partial charge in [0.2, 0.25) is 15.9 Å². The molecule has 3 aromatic rings. The molecule has 0 aliphatic carbocycles. The largest absolute Gasteiger partial charge is 0.469 e. The first-order valence-electron chi connectivity index (χ1n) is 16.7. The van der Waals surface area contributed by atoms with Gasteiger partial charge in [-0.15, -0.1) is 0 Å². The number of hydrogen-bond acceptors (Lipinski definition) is 8. The number of phosphoric acid groups is 1. The number of ether oxygens (including phenoxy) is 1. The number of nitrogens with one attached hydrogen (secondary N) is 2.